The number of halogens is 1. The first kappa shape index (κ1) is 15.1. The van der Waals surface area contributed by atoms with Crippen molar-refractivity contribution in [2.45, 2.75) is 36.9 Å². The molecule has 1 N–H and O–H groups in total. The highest BCUT2D eigenvalue weighted by Gasteiger charge is 2.30. The van der Waals surface area contributed by atoms with Crippen LogP contribution >= 0.6 is 39.0 Å². The Morgan fingerprint density at radius 1 is 1.48 bits per heavy atom. The summed E-state index contributed by atoms with van der Waals surface area (Å²) in [4.78, 5) is 12.0. The Kier molecular flexibility index (Phi) is 4.66. The van der Waals surface area contributed by atoms with Crippen molar-refractivity contribution in [1.82, 2.24) is 14.8 Å². The Balaban J connectivity index is 1.73. The first-order valence-corrected chi connectivity index (χ1v) is 9.25. The number of aliphatic carboxylic acids is 1. The van der Waals surface area contributed by atoms with E-state index in [0.717, 1.165) is 40.6 Å². The lowest BCUT2D eigenvalue weighted by molar-refractivity contribution is -0.133. The third-order valence-corrected chi connectivity index (χ3v) is 5.86. The minimum Gasteiger partial charge on any atom is -0.481 e. The van der Waals surface area contributed by atoms with E-state index in [0.29, 0.717) is 5.92 Å². The maximum atomic E-state index is 10.7. The number of rotatable bonds is 7. The zero-order valence-electron chi connectivity index (χ0n) is 11.2. The van der Waals surface area contributed by atoms with Crippen molar-refractivity contribution in [1.29, 1.82) is 0 Å². The van der Waals surface area contributed by atoms with Crippen LogP contribution in [0.5, 0.6) is 0 Å². The third kappa shape index (κ3) is 3.87. The molecule has 0 aromatic carbocycles. The van der Waals surface area contributed by atoms with Gasteiger partial charge in [0, 0.05) is 17.3 Å². The van der Waals surface area contributed by atoms with Gasteiger partial charge < -0.3 is 9.67 Å². The van der Waals surface area contributed by atoms with E-state index in [1.54, 1.807) is 11.3 Å². The molecular weight excluding hydrogens is 374 g/mol. The van der Waals surface area contributed by atoms with Crippen molar-refractivity contribution in [2.75, 3.05) is 5.75 Å². The summed E-state index contributed by atoms with van der Waals surface area (Å²) in [6.07, 6.45) is 3.23. The maximum absolute atomic E-state index is 10.7. The van der Waals surface area contributed by atoms with Gasteiger partial charge in [-0.2, -0.15) is 0 Å². The van der Waals surface area contributed by atoms with Crippen LogP contribution in [0.4, 0.5) is 0 Å². The number of aryl methyl sites for hydroxylation is 1. The highest BCUT2D eigenvalue weighted by molar-refractivity contribution is 9.11. The maximum Gasteiger partial charge on any atom is 0.313 e. The molecule has 0 radical (unpaired) electrons. The van der Waals surface area contributed by atoms with E-state index in [4.69, 9.17) is 5.11 Å². The van der Waals surface area contributed by atoms with Crippen molar-refractivity contribution in [3.8, 4) is 0 Å². The number of carboxylic acids is 1. The molecule has 1 saturated carbocycles. The highest BCUT2D eigenvalue weighted by Crippen LogP contribution is 2.40. The summed E-state index contributed by atoms with van der Waals surface area (Å²) in [6.45, 7) is 0.799. The minimum atomic E-state index is -0.829. The molecule has 0 unspecified atom stereocenters. The summed E-state index contributed by atoms with van der Waals surface area (Å²) in [6, 6.07) is 4.16. The molecule has 21 heavy (non-hydrogen) atoms. The lowest BCUT2D eigenvalue weighted by Crippen LogP contribution is -2.08. The quantitative estimate of drug-likeness (QED) is 0.737. The van der Waals surface area contributed by atoms with Crippen molar-refractivity contribution >= 4 is 45.0 Å². The second kappa shape index (κ2) is 6.50. The van der Waals surface area contributed by atoms with Crippen molar-refractivity contribution in [2.24, 2.45) is 0 Å². The fourth-order valence-electron chi connectivity index (χ4n) is 2.09. The van der Waals surface area contributed by atoms with Gasteiger partial charge in [0.2, 0.25) is 0 Å². The van der Waals surface area contributed by atoms with E-state index < -0.39 is 5.97 Å². The van der Waals surface area contributed by atoms with E-state index in [2.05, 4.69) is 36.8 Å². The van der Waals surface area contributed by atoms with Crippen molar-refractivity contribution in [3.05, 3.63) is 26.6 Å². The minimum absolute atomic E-state index is 0.0212. The molecule has 0 aliphatic heterocycles. The molecular formula is C13H14BrN3O2S2. The summed E-state index contributed by atoms with van der Waals surface area (Å²) in [5, 5.41) is 18.0. The van der Waals surface area contributed by atoms with Gasteiger partial charge in [-0.05, 0) is 47.3 Å². The number of nitrogens with zero attached hydrogens (tertiary/aromatic N) is 3. The molecule has 0 amide bonds. The molecule has 3 rings (SSSR count). The van der Waals surface area contributed by atoms with Crippen LogP contribution in [0.3, 0.4) is 0 Å². The van der Waals surface area contributed by atoms with Crippen LogP contribution in [0.2, 0.25) is 0 Å². The van der Waals surface area contributed by atoms with E-state index >= 15 is 0 Å². The predicted molar refractivity (Wildman–Crippen MR) is 86.1 cm³/mol. The van der Waals surface area contributed by atoms with E-state index in [1.807, 2.05) is 6.07 Å². The van der Waals surface area contributed by atoms with E-state index in [9.17, 15) is 4.79 Å². The molecule has 0 saturated heterocycles. The number of thioether (sulfide) groups is 1. The zero-order valence-corrected chi connectivity index (χ0v) is 14.4. The number of carbonyl (C=O) groups is 1. The topological polar surface area (TPSA) is 68.0 Å². The van der Waals surface area contributed by atoms with E-state index in [-0.39, 0.29) is 5.75 Å². The van der Waals surface area contributed by atoms with Crippen molar-refractivity contribution < 1.29 is 9.90 Å². The molecule has 1 aliphatic rings. The Bertz CT molecular complexity index is 652. The van der Waals surface area contributed by atoms with Gasteiger partial charge in [0.05, 0.1) is 9.54 Å². The van der Waals surface area contributed by atoms with Gasteiger partial charge in [-0.3, -0.25) is 4.79 Å². The van der Waals surface area contributed by atoms with Gasteiger partial charge in [-0.1, -0.05) is 11.8 Å². The van der Waals surface area contributed by atoms with Gasteiger partial charge >= 0.3 is 5.97 Å². The summed E-state index contributed by atoms with van der Waals surface area (Å²) in [7, 11) is 0. The SMILES string of the molecule is O=C(O)CSc1nnc(C2CC2)n1CCc1ccc(Br)s1. The molecule has 2 heterocycles. The average Bonchev–Trinajstić information content (AvgIpc) is 3.08. The molecule has 0 bridgehead atoms. The summed E-state index contributed by atoms with van der Waals surface area (Å²) in [5.74, 6) is 0.711. The smallest absolute Gasteiger partial charge is 0.313 e. The van der Waals surface area contributed by atoms with Gasteiger partial charge in [0.1, 0.15) is 5.82 Å². The fraction of sp³-hybridized carbons (Fsp3) is 0.462. The number of thiophene rings is 1. The summed E-state index contributed by atoms with van der Waals surface area (Å²) < 4.78 is 3.22. The molecule has 2 aromatic rings. The molecule has 112 valence electrons. The molecule has 1 fully saturated rings. The lowest BCUT2D eigenvalue weighted by atomic mass is 10.3. The third-order valence-electron chi connectivity index (χ3n) is 3.22. The van der Waals surface area contributed by atoms with Crippen LogP contribution in [-0.2, 0) is 17.8 Å². The fourth-order valence-corrected chi connectivity index (χ4v) is 4.26. The monoisotopic (exact) mass is 387 g/mol. The van der Waals surface area contributed by atoms with Gasteiger partial charge in [-0.15, -0.1) is 21.5 Å². The van der Waals surface area contributed by atoms with Gasteiger partial charge in [-0.25, -0.2) is 0 Å². The number of carboxylic acid groups (broad SMARTS) is 1. The standard InChI is InChI=1S/C13H14BrN3O2S2/c14-10-4-3-9(21-10)5-6-17-12(8-1-2-8)15-16-13(17)20-7-11(18)19/h3-4,8H,1-2,5-7H2,(H,18,19). The van der Waals surface area contributed by atoms with Crippen molar-refractivity contribution in [3.63, 3.8) is 0 Å². The van der Waals surface area contributed by atoms with Crippen LogP contribution in [0.25, 0.3) is 0 Å². The lowest BCUT2D eigenvalue weighted by Gasteiger charge is -2.08. The number of hydrogen-bond acceptors (Lipinski definition) is 5. The Morgan fingerprint density at radius 2 is 2.29 bits per heavy atom. The molecule has 2 aromatic heterocycles. The molecule has 5 nitrogen and oxygen atoms in total. The first-order chi connectivity index (χ1) is 10.1. The normalized spacial score (nSPS) is 14.5. The zero-order chi connectivity index (χ0) is 14.8. The van der Waals surface area contributed by atoms with Crippen LogP contribution in [0, 0.1) is 0 Å². The molecule has 1 aliphatic carbocycles. The highest BCUT2D eigenvalue weighted by atomic mass is 79.9. The Morgan fingerprint density at radius 3 is 2.90 bits per heavy atom. The number of hydrogen-bond donors (Lipinski definition) is 1. The molecule has 0 spiro atoms. The van der Waals surface area contributed by atoms with Crippen LogP contribution < -0.4 is 0 Å². The van der Waals surface area contributed by atoms with Crippen LogP contribution in [0.15, 0.2) is 21.1 Å². The average molecular weight is 388 g/mol. The first-order valence-electron chi connectivity index (χ1n) is 6.65. The second-order valence-corrected chi connectivity index (χ2v) is 8.39. The second-order valence-electron chi connectivity index (χ2n) is 4.90. The van der Waals surface area contributed by atoms with Gasteiger partial charge in [0.25, 0.3) is 0 Å². The number of aromatic nitrogens is 3. The van der Waals surface area contributed by atoms with Gasteiger partial charge in [0.15, 0.2) is 5.16 Å². The predicted octanol–water partition coefficient (Wildman–Crippen LogP) is 3.40. The largest absolute Gasteiger partial charge is 0.481 e. The summed E-state index contributed by atoms with van der Waals surface area (Å²) >= 11 is 6.44. The van der Waals surface area contributed by atoms with E-state index in [1.165, 1.54) is 16.6 Å². The summed E-state index contributed by atoms with van der Waals surface area (Å²) in [5.41, 5.74) is 0. The Hall–Kier alpha value is -0.860. The van der Waals surface area contributed by atoms with Crippen LogP contribution in [0.1, 0.15) is 29.5 Å². The van der Waals surface area contributed by atoms with Crippen LogP contribution in [-0.4, -0.2) is 31.6 Å². The molecule has 0 atom stereocenters. The molecule has 8 heteroatoms. The Labute approximate surface area is 138 Å².